The van der Waals surface area contributed by atoms with Gasteiger partial charge in [0.1, 0.15) is 18.2 Å². The van der Waals surface area contributed by atoms with Crippen LogP contribution in [0.25, 0.3) is 48.9 Å². The Morgan fingerprint density at radius 1 is 0.906 bits per heavy atom. The number of rotatable bonds is 2. The first-order chi connectivity index (χ1) is 15.2. The van der Waals surface area contributed by atoms with E-state index in [1.54, 1.807) is 0 Å². The van der Waals surface area contributed by atoms with E-state index in [1.165, 1.54) is 27.2 Å². The molecule has 3 aromatic carbocycles. The van der Waals surface area contributed by atoms with Gasteiger partial charge in [0.05, 0.1) is 20.2 Å². The number of furan rings is 1. The molecule has 0 aliphatic heterocycles. The normalized spacial score (nSPS) is 12.0. The fraction of sp³-hybridized carbons (Fsp3) is 0.214. The molecule has 0 bridgehead atoms. The molecular weight excluding hydrogens is 408 g/mol. The van der Waals surface area contributed by atoms with Crippen LogP contribution in [0.2, 0.25) is 19.6 Å². The van der Waals surface area contributed by atoms with E-state index in [2.05, 4.69) is 86.3 Å². The van der Waals surface area contributed by atoms with Crippen molar-refractivity contribution in [2.24, 2.45) is 7.05 Å². The Balaban J connectivity index is 1.87. The molecule has 0 spiro atoms. The van der Waals surface area contributed by atoms with E-state index in [0.717, 1.165) is 33.2 Å². The summed E-state index contributed by atoms with van der Waals surface area (Å²) in [5.74, 6) is 0. The van der Waals surface area contributed by atoms with Gasteiger partial charge in [-0.3, -0.25) is 0 Å². The molecule has 0 aliphatic rings. The van der Waals surface area contributed by atoms with Gasteiger partial charge in [-0.15, -0.1) is 0 Å². The first kappa shape index (κ1) is 20.5. The molecule has 0 saturated heterocycles. The molecule has 5 aromatic rings. The second kappa shape index (κ2) is 7.05. The molecule has 5 rings (SSSR count). The van der Waals surface area contributed by atoms with E-state index in [1.807, 2.05) is 18.2 Å². The standard InChI is InChI=1S/C28H27N2OSi/c1-17-14-23-22-12-10-20(29-3)15-26(22)31-28(23)27(18(17)2)24-13-9-19-8-11-21(32(5,6)7)16-25(19)30(24)4/h8-16H,1-2,4-7H3/q+1. The summed E-state index contributed by atoms with van der Waals surface area (Å²) in [6, 6.07) is 19.3. The van der Waals surface area contributed by atoms with E-state index >= 15 is 0 Å². The minimum Gasteiger partial charge on any atom is -0.456 e. The summed E-state index contributed by atoms with van der Waals surface area (Å²) in [6.07, 6.45) is 0. The third-order valence-corrected chi connectivity index (χ3v) is 8.73. The van der Waals surface area contributed by atoms with Crippen LogP contribution in [-0.4, -0.2) is 8.07 Å². The molecule has 4 heteroatoms. The fourth-order valence-corrected chi connectivity index (χ4v) is 5.76. The first-order valence-electron chi connectivity index (χ1n) is 11.0. The maximum absolute atomic E-state index is 7.35. The summed E-state index contributed by atoms with van der Waals surface area (Å²) in [5.41, 5.74) is 8.22. The quantitative estimate of drug-likeness (QED) is 0.167. The van der Waals surface area contributed by atoms with E-state index in [9.17, 15) is 0 Å². The summed E-state index contributed by atoms with van der Waals surface area (Å²) in [7, 11) is 0.731. The highest BCUT2D eigenvalue weighted by Gasteiger charge is 2.25. The minimum absolute atomic E-state index is 0.599. The summed E-state index contributed by atoms with van der Waals surface area (Å²) in [6.45, 7) is 18.8. The molecule has 0 atom stereocenters. The van der Waals surface area contributed by atoms with E-state index < -0.39 is 8.07 Å². The van der Waals surface area contributed by atoms with Crippen molar-refractivity contribution in [3.8, 4) is 11.3 Å². The van der Waals surface area contributed by atoms with Crippen molar-refractivity contribution in [1.29, 1.82) is 0 Å². The van der Waals surface area contributed by atoms with Crippen molar-refractivity contribution >= 4 is 51.8 Å². The Labute approximate surface area is 189 Å². The van der Waals surface area contributed by atoms with Crippen molar-refractivity contribution in [3.63, 3.8) is 0 Å². The Morgan fingerprint density at radius 3 is 2.38 bits per heavy atom. The van der Waals surface area contributed by atoms with Crippen LogP contribution in [0.1, 0.15) is 11.1 Å². The van der Waals surface area contributed by atoms with Crippen molar-refractivity contribution in [2.45, 2.75) is 33.5 Å². The topological polar surface area (TPSA) is 21.4 Å². The van der Waals surface area contributed by atoms with Gasteiger partial charge in [-0.25, -0.2) is 4.85 Å². The largest absolute Gasteiger partial charge is 0.456 e. The van der Waals surface area contributed by atoms with Gasteiger partial charge in [-0.1, -0.05) is 43.0 Å². The number of nitrogens with zero attached hydrogens (tertiary/aromatic N) is 2. The van der Waals surface area contributed by atoms with Gasteiger partial charge in [-0.2, -0.15) is 4.57 Å². The van der Waals surface area contributed by atoms with Gasteiger partial charge in [0.15, 0.2) is 5.69 Å². The molecule has 0 N–H and O–H groups in total. The third-order valence-electron chi connectivity index (χ3n) is 6.69. The van der Waals surface area contributed by atoms with Gasteiger partial charge >= 0.3 is 0 Å². The maximum atomic E-state index is 7.35. The number of fused-ring (bicyclic) bond motifs is 4. The van der Waals surface area contributed by atoms with Gasteiger partial charge in [0.25, 0.3) is 0 Å². The van der Waals surface area contributed by atoms with Crippen LogP contribution in [0.15, 0.2) is 59.0 Å². The first-order valence-corrected chi connectivity index (χ1v) is 14.5. The highest BCUT2D eigenvalue weighted by Crippen LogP contribution is 2.39. The van der Waals surface area contributed by atoms with E-state index in [0.29, 0.717) is 5.69 Å². The minimum atomic E-state index is -1.42. The Hall–Kier alpha value is -3.42. The lowest BCUT2D eigenvalue weighted by molar-refractivity contribution is -0.633. The molecule has 0 unspecified atom stereocenters. The average molecular weight is 436 g/mol. The molecule has 0 amide bonds. The number of hydrogen-bond acceptors (Lipinski definition) is 1. The third kappa shape index (κ3) is 3.04. The van der Waals surface area contributed by atoms with Crippen LogP contribution >= 0.6 is 0 Å². The predicted molar refractivity (Wildman–Crippen MR) is 137 cm³/mol. The Morgan fingerprint density at radius 2 is 1.66 bits per heavy atom. The van der Waals surface area contributed by atoms with Crippen molar-refractivity contribution < 1.29 is 8.98 Å². The number of hydrogen-bond donors (Lipinski definition) is 0. The predicted octanol–water partition coefficient (Wildman–Crippen LogP) is 6.94. The van der Waals surface area contributed by atoms with Gasteiger partial charge < -0.3 is 4.42 Å². The van der Waals surface area contributed by atoms with Crippen LogP contribution in [0.4, 0.5) is 5.69 Å². The summed E-state index contributed by atoms with van der Waals surface area (Å²) in [4.78, 5) is 3.57. The van der Waals surface area contributed by atoms with Crippen molar-refractivity contribution in [3.05, 3.63) is 77.1 Å². The molecule has 0 saturated carbocycles. The van der Waals surface area contributed by atoms with Gasteiger partial charge in [0, 0.05) is 28.3 Å². The molecule has 32 heavy (non-hydrogen) atoms. The number of aryl methyl sites for hydroxylation is 2. The second-order valence-electron chi connectivity index (χ2n) is 9.77. The SMILES string of the molecule is [C-]#[N+]c1ccc2c(c1)oc1c(-c3ccc4ccc([Si](C)(C)C)cc4[n+]3C)c(C)c(C)cc12. The van der Waals surface area contributed by atoms with Crippen LogP contribution in [-0.2, 0) is 7.05 Å². The lowest BCUT2D eigenvalue weighted by atomic mass is 9.96. The lowest BCUT2D eigenvalue weighted by Gasteiger charge is -2.16. The molecule has 0 fully saturated rings. The smallest absolute Gasteiger partial charge is 0.216 e. The van der Waals surface area contributed by atoms with E-state index in [-0.39, 0.29) is 0 Å². The molecule has 2 aromatic heterocycles. The number of aromatic nitrogens is 1. The zero-order valence-corrected chi connectivity index (χ0v) is 20.5. The van der Waals surface area contributed by atoms with Crippen molar-refractivity contribution in [1.82, 2.24) is 0 Å². The zero-order valence-electron chi connectivity index (χ0n) is 19.5. The van der Waals surface area contributed by atoms with E-state index in [4.69, 9.17) is 11.0 Å². The van der Waals surface area contributed by atoms with Crippen LogP contribution in [0.5, 0.6) is 0 Å². The molecule has 3 nitrogen and oxygen atoms in total. The van der Waals surface area contributed by atoms with Crippen molar-refractivity contribution in [2.75, 3.05) is 0 Å². The Bertz CT molecular complexity index is 1600. The number of pyridine rings is 1. The Kier molecular flexibility index (Phi) is 4.51. The number of benzene rings is 3. The average Bonchev–Trinajstić information content (AvgIpc) is 3.11. The highest BCUT2D eigenvalue weighted by molar-refractivity contribution is 6.88. The zero-order chi connectivity index (χ0) is 22.8. The summed E-state index contributed by atoms with van der Waals surface area (Å²) < 4.78 is 8.72. The molecule has 2 heterocycles. The lowest BCUT2D eigenvalue weighted by Crippen LogP contribution is -2.39. The maximum Gasteiger partial charge on any atom is 0.216 e. The fourth-order valence-electron chi connectivity index (χ4n) is 4.61. The molecule has 0 radical (unpaired) electrons. The highest BCUT2D eigenvalue weighted by atomic mass is 28.3. The monoisotopic (exact) mass is 435 g/mol. The summed E-state index contributed by atoms with van der Waals surface area (Å²) in [5, 5.41) is 4.86. The van der Waals surface area contributed by atoms with Crippen LogP contribution in [0.3, 0.4) is 0 Å². The molecular formula is C28H27N2OSi+. The van der Waals surface area contributed by atoms with Crippen LogP contribution in [0, 0.1) is 20.4 Å². The van der Waals surface area contributed by atoms with Gasteiger partial charge in [-0.05, 0) is 49.2 Å². The molecule has 158 valence electrons. The summed E-state index contributed by atoms with van der Waals surface area (Å²) >= 11 is 0. The van der Waals surface area contributed by atoms with Gasteiger partial charge in [0.2, 0.25) is 11.2 Å². The molecule has 0 aliphatic carbocycles. The van der Waals surface area contributed by atoms with Crippen LogP contribution < -0.4 is 9.75 Å². The second-order valence-corrected chi connectivity index (χ2v) is 14.8.